The summed E-state index contributed by atoms with van der Waals surface area (Å²) in [4.78, 5) is 4.01. The summed E-state index contributed by atoms with van der Waals surface area (Å²) in [7, 11) is 1.87. The molecule has 0 spiro atoms. The highest BCUT2D eigenvalue weighted by Gasteiger charge is 2.13. The van der Waals surface area contributed by atoms with Crippen LogP contribution in [0.4, 0.5) is 5.69 Å². The van der Waals surface area contributed by atoms with Gasteiger partial charge in [-0.05, 0) is 37.0 Å². The normalized spacial score (nSPS) is 10.7. The summed E-state index contributed by atoms with van der Waals surface area (Å²) in [5.41, 5.74) is 8.95. The van der Waals surface area contributed by atoms with E-state index in [4.69, 9.17) is 10.5 Å². The highest BCUT2D eigenvalue weighted by atomic mass is 16.5. The van der Waals surface area contributed by atoms with Crippen LogP contribution in [0.1, 0.15) is 31.0 Å². The highest BCUT2D eigenvalue weighted by molar-refractivity contribution is 5.53. The second kappa shape index (κ2) is 6.93. The van der Waals surface area contributed by atoms with Crippen LogP contribution in [0.15, 0.2) is 24.5 Å². The zero-order chi connectivity index (χ0) is 14.4. The molecule has 0 fully saturated rings. The maximum absolute atomic E-state index is 6.07. The lowest BCUT2D eigenvalue weighted by atomic mass is 10.1. The zero-order valence-electron chi connectivity index (χ0n) is 12.2. The van der Waals surface area contributed by atoms with Crippen molar-refractivity contribution in [2.24, 2.45) is 7.05 Å². The molecule has 0 bridgehead atoms. The predicted molar refractivity (Wildman–Crippen MR) is 79.7 cm³/mol. The Morgan fingerprint density at radius 3 is 2.70 bits per heavy atom. The van der Waals surface area contributed by atoms with Crippen molar-refractivity contribution in [2.45, 2.75) is 32.6 Å². The molecule has 0 unspecified atom stereocenters. The number of nitrogen functional groups attached to an aromatic ring is 1. The maximum Gasteiger partial charge on any atom is 0.235 e. The highest BCUT2D eigenvalue weighted by Crippen LogP contribution is 2.25. The lowest BCUT2D eigenvalue weighted by Gasteiger charge is -2.07. The molecule has 0 atom stereocenters. The van der Waals surface area contributed by atoms with E-state index < -0.39 is 0 Å². The van der Waals surface area contributed by atoms with Crippen LogP contribution in [0.3, 0.4) is 0 Å². The number of rotatable bonds is 7. The van der Waals surface area contributed by atoms with E-state index in [2.05, 4.69) is 17.0 Å². The first-order chi connectivity index (χ1) is 9.72. The first kappa shape index (κ1) is 14.4. The van der Waals surface area contributed by atoms with Gasteiger partial charge in [0.05, 0.1) is 12.3 Å². The first-order valence-electron chi connectivity index (χ1n) is 7.05. The van der Waals surface area contributed by atoms with Gasteiger partial charge in [-0.1, -0.05) is 13.3 Å². The van der Waals surface area contributed by atoms with E-state index in [9.17, 15) is 0 Å². The molecule has 0 aliphatic heterocycles. The molecule has 2 aromatic rings. The van der Waals surface area contributed by atoms with Crippen LogP contribution in [-0.2, 0) is 19.9 Å². The second-order valence-corrected chi connectivity index (χ2v) is 4.85. The average molecular weight is 274 g/mol. The Morgan fingerprint density at radius 1 is 1.25 bits per heavy atom. The van der Waals surface area contributed by atoms with Crippen molar-refractivity contribution in [1.82, 2.24) is 14.8 Å². The van der Waals surface area contributed by atoms with Gasteiger partial charge in [0.2, 0.25) is 5.88 Å². The lowest BCUT2D eigenvalue weighted by Crippen LogP contribution is -2.05. The van der Waals surface area contributed by atoms with E-state index in [1.165, 1.54) is 5.56 Å². The minimum atomic E-state index is 0.637. The fourth-order valence-electron chi connectivity index (χ4n) is 2.17. The van der Waals surface area contributed by atoms with Gasteiger partial charge >= 0.3 is 0 Å². The van der Waals surface area contributed by atoms with E-state index >= 15 is 0 Å². The molecule has 0 radical (unpaired) electrons. The molecular weight excluding hydrogens is 252 g/mol. The van der Waals surface area contributed by atoms with Gasteiger partial charge in [0.15, 0.2) is 0 Å². The van der Waals surface area contributed by atoms with E-state index in [1.54, 1.807) is 4.68 Å². The van der Waals surface area contributed by atoms with Gasteiger partial charge in [-0.2, -0.15) is 5.10 Å². The van der Waals surface area contributed by atoms with Gasteiger partial charge in [0.1, 0.15) is 5.69 Å². The van der Waals surface area contributed by atoms with Crippen molar-refractivity contribution in [1.29, 1.82) is 0 Å². The molecule has 5 heteroatoms. The molecule has 0 saturated heterocycles. The smallest absolute Gasteiger partial charge is 0.235 e. The fourth-order valence-corrected chi connectivity index (χ4v) is 2.17. The molecule has 0 amide bonds. The number of nitrogens with two attached hydrogens (primary N) is 1. The standard InChI is InChI=1S/C15H22N4O/c1-3-5-13-14(16)15(19(2)18-13)20-11-4-6-12-7-9-17-10-8-12/h7-10H,3-6,11,16H2,1-2H3. The molecule has 0 aromatic carbocycles. The van der Waals surface area contributed by atoms with Crippen molar-refractivity contribution in [3.63, 3.8) is 0 Å². The molecule has 0 aliphatic rings. The molecular formula is C15H22N4O. The third kappa shape index (κ3) is 3.50. The number of hydrogen-bond donors (Lipinski definition) is 1. The zero-order valence-corrected chi connectivity index (χ0v) is 12.2. The van der Waals surface area contributed by atoms with Crippen molar-refractivity contribution < 1.29 is 4.74 Å². The molecule has 2 heterocycles. The molecule has 2 N–H and O–H groups in total. The van der Waals surface area contributed by atoms with Gasteiger partial charge < -0.3 is 10.5 Å². The molecule has 2 rings (SSSR count). The molecule has 20 heavy (non-hydrogen) atoms. The van der Waals surface area contributed by atoms with Crippen LogP contribution >= 0.6 is 0 Å². The van der Waals surface area contributed by atoms with Crippen molar-refractivity contribution in [3.05, 3.63) is 35.8 Å². The summed E-state index contributed by atoms with van der Waals surface area (Å²) in [6.45, 7) is 2.75. The molecule has 2 aromatic heterocycles. The minimum absolute atomic E-state index is 0.637. The van der Waals surface area contributed by atoms with Gasteiger partial charge in [0, 0.05) is 19.4 Å². The Labute approximate surface area is 119 Å². The van der Waals surface area contributed by atoms with Gasteiger partial charge in [-0.3, -0.25) is 4.98 Å². The van der Waals surface area contributed by atoms with Crippen LogP contribution in [0.25, 0.3) is 0 Å². The van der Waals surface area contributed by atoms with Crippen molar-refractivity contribution in [2.75, 3.05) is 12.3 Å². The van der Waals surface area contributed by atoms with Gasteiger partial charge in [-0.25, -0.2) is 4.68 Å². The van der Waals surface area contributed by atoms with Crippen molar-refractivity contribution in [3.8, 4) is 5.88 Å². The number of aromatic nitrogens is 3. The number of pyridine rings is 1. The molecule has 108 valence electrons. The summed E-state index contributed by atoms with van der Waals surface area (Å²) in [5.74, 6) is 0.683. The largest absolute Gasteiger partial charge is 0.476 e. The topological polar surface area (TPSA) is 66.0 Å². The summed E-state index contributed by atoms with van der Waals surface area (Å²) in [5, 5.41) is 4.40. The number of ether oxygens (including phenoxy) is 1. The fraction of sp³-hybridized carbons (Fsp3) is 0.467. The summed E-state index contributed by atoms with van der Waals surface area (Å²) < 4.78 is 7.51. The number of hydrogen-bond acceptors (Lipinski definition) is 4. The second-order valence-electron chi connectivity index (χ2n) is 4.85. The van der Waals surface area contributed by atoms with Gasteiger partial charge in [-0.15, -0.1) is 0 Å². The quantitative estimate of drug-likeness (QED) is 0.787. The SMILES string of the molecule is CCCc1nn(C)c(OCCCc2ccncc2)c1N. The van der Waals surface area contributed by atoms with Crippen LogP contribution in [0.5, 0.6) is 5.88 Å². The predicted octanol–water partition coefficient (Wildman–Crippen LogP) is 2.36. The molecule has 0 saturated carbocycles. The Kier molecular flexibility index (Phi) is 4.98. The van der Waals surface area contributed by atoms with Gasteiger partial charge in [0.25, 0.3) is 0 Å². The minimum Gasteiger partial charge on any atom is -0.476 e. The Morgan fingerprint density at radius 2 is 2.00 bits per heavy atom. The van der Waals surface area contributed by atoms with E-state index in [1.807, 2.05) is 31.6 Å². The molecule has 0 aliphatic carbocycles. The van der Waals surface area contributed by atoms with Crippen LogP contribution in [0.2, 0.25) is 0 Å². The monoisotopic (exact) mass is 274 g/mol. The molecule has 5 nitrogen and oxygen atoms in total. The third-order valence-electron chi connectivity index (χ3n) is 3.19. The first-order valence-corrected chi connectivity index (χ1v) is 7.05. The van der Waals surface area contributed by atoms with Crippen LogP contribution in [0, 0.1) is 0 Å². The average Bonchev–Trinajstić information content (AvgIpc) is 2.72. The van der Waals surface area contributed by atoms with E-state index in [0.29, 0.717) is 18.2 Å². The number of nitrogens with zero attached hydrogens (tertiary/aromatic N) is 3. The Balaban J connectivity index is 1.85. The Hall–Kier alpha value is -2.04. The van der Waals surface area contributed by atoms with E-state index in [0.717, 1.165) is 31.4 Å². The van der Waals surface area contributed by atoms with E-state index in [-0.39, 0.29) is 0 Å². The van der Waals surface area contributed by atoms with Crippen LogP contribution in [-0.4, -0.2) is 21.4 Å². The Bertz CT molecular complexity index is 536. The lowest BCUT2D eigenvalue weighted by molar-refractivity contribution is 0.286. The number of aryl methyl sites for hydroxylation is 3. The summed E-state index contributed by atoms with van der Waals surface area (Å²) >= 11 is 0. The van der Waals surface area contributed by atoms with Crippen LogP contribution < -0.4 is 10.5 Å². The summed E-state index contributed by atoms with van der Waals surface area (Å²) in [6.07, 6.45) is 7.46. The summed E-state index contributed by atoms with van der Waals surface area (Å²) in [6, 6.07) is 4.05. The maximum atomic E-state index is 6.07. The third-order valence-corrected chi connectivity index (χ3v) is 3.19. The number of anilines is 1. The van der Waals surface area contributed by atoms with Crippen molar-refractivity contribution >= 4 is 5.69 Å².